The second-order valence-corrected chi connectivity index (χ2v) is 11.1. The van der Waals surface area contributed by atoms with Crippen LogP contribution in [0.3, 0.4) is 0 Å². The van der Waals surface area contributed by atoms with Crippen LogP contribution in [-0.4, -0.2) is 39.8 Å². The summed E-state index contributed by atoms with van der Waals surface area (Å²) in [7, 11) is 0. The van der Waals surface area contributed by atoms with E-state index in [4.69, 9.17) is 9.15 Å². The fourth-order valence-electron chi connectivity index (χ4n) is 3.90. The number of para-hydroxylation sites is 1. The monoisotopic (exact) mass is 644 g/mol. The summed E-state index contributed by atoms with van der Waals surface area (Å²) in [4.78, 5) is 27.9. The van der Waals surface area contributed by atoms with E-state index in [0.29, 0.717) is 38.4 Å². The molecule has 1 aliphatic rings. The van der Waals surface area contributed by atoms with Crippen LogP contribution in [0.25, 0.3) is 6.08 Å². The number of phenolic OH excluding ortho intramolecular Hbond substituents is 1. The zero-order chi connectivity index (χ0) is 29.5. The van der Waals surface area contributed by atoms with Gasteiger partial charge in [-0.1, -0.05) is 45.8 Å². The number of aryl methyl sites for hydroxylation is 1. The van der Waals surface area contributed by atoms with Gasteiger partial charge in [-0.3, -0.25) is 14.5 Å². The summed E-state index contributed by atoms with van der Waals surface area (Å²) in [5.74, 6) is 0.468. The number of amidine groups is 1. The van der Waals surface area contributed by atoms with Gasteiger partial charge in [0.25, 0.3) is 11.8 Å². The minimum Gasteiger partial charge on any atom is -0.507 e. The van der Waals surface area contributed by atoms with Gasteiger partial charge < -0.3 is 19.6 Å². The van der Waals surface area contributed by atoms with Crippen molar-refractivity contribution in [1.29, 1.82) is 0 Å². The Hall–Kier alpha value is -4.61. The summed E-state index contributed by atoms with van der Waals surface area (Å²) in [5.41, 5.74) is 2.86. The highest BCUT2D eigenvalue weighted by Gasteiger charge is 2.34. The van der Waals surface area contributed by atoms with Crippen molar-refractivity contribution in [1.82, 2.24) is 4.90 Å². The molecule has 0 aliphatic carbocycles. The largest absolute Gasteiger partial charge is 0.507 e. The van der Waals surface area contributed by atoms with E-state index in [-0.39, 0.29) is 30.7 Å². The highest BCUT2D eigenvalue weighted by atomic mass is 79.9. The molecular weight excluding hydrogens is 620 g/mol. The number of thioether (sulfide) groups is 1. The third-order valence-electron chi connectivity index (χ3n) is 6.01. The third-order valence-corrected chi connectivity index (χ3v) is 7.50. The number of furan rings is 1. The molecule has 1 saturated heterocycles. The van der Waals surface area contributed by atoms with E-state index in [9.17, 15) is 14.7 Å². The summed E-state index contributed by atoms with van der Waals surface area (Å²) >= 11 is 4.62. The molecule has 0 saturated carbocycles. The first-order chi connectivity index (χ1) is 20.4. The summed E-state index contributed by atoms with van der Waals surface area (Å²) in [6.45, 7) is 1.91. The summed E-state index contributed by atoms with van der Waals surface area (Å²) in [6, 6.07) is 23.0. The molecule has 0 unspecified atom stereocenters. The number of nitrogens with zero attached hydrogens (tertiary/aromatic N) is 3. The zero-order valence-electron chi connectivity index (χ0n) is 22.4. The van der Waals surface area contributed by atoms with Gasteiger partial charge in [-0.2, -0.15) is 5.10 Å². The predicted molar refractivity (Wildman–Crippen MR) is 167 cm³/mol. The average Bonchev–Trinajstić information content (AvgIpc) is 3.59. The van der Waals surface area contributed by atoms with Crippen molar-refractivity contribution in [3.8, 4) is 11.5 Å². The molecule has 42 heavy (non-hydrogen) atoms. The maximum Gasteiger partial charge on any atom is 0.267 e. The van der Waals surface area contributed by atoms with E-state index in [1.807, 2.05) is 31.2 Å². The van der Waals surface area contributed by atoms with Crippen molar-refractivity contribution in [2.24, 2.45) is 10.2 Å². The molecular formula is C31H25BrN4O5S. The second kappa shape index (κ2) is 13.4. The Morgan fingerprint density at radius 3 is 2.67 bits per heavy atom. The lowest BCUT2D eigenvalue weighted by Crippen LogP contribution is -2.28. The Labute approximate surface area is 254 Å². The van der Waals surface area contributed by atoms with Crippen LogP contribution in [0.5, 0.6) is 11.5 Å². The standard InChI is InChI=1S/C31H25BrN4O5S/c1-20-8-11-24(12-9-20)34-29(38)19-41-27-13-10-23(32)15-22(27)16-28-30(39)36(18-25-6-4-14-40-25)31(42-28)35-33-17-21-5-2-3-7-26(21)37/h2-17,37H,18-19H2,1H3,(H,34,38)/b28-16-,33-17+,35-31-. The molecule has 11 heteroatoms. The second-order valence-electron chi connectivity index (χ2n) is 9.15. The van der Waals surface area contributed by atoms with Gasteiger partial charge in [0, 0.05) is 21.3 Å². The fourth-order valence-corrected chi connectivity index (χ4v) is 5.20. The van der Waals surface area contributed by atoms with Crippen molar-refractivity contribution >= 4 is 62.7 Å². The van der Waals surface area contributed by atoms with E-state index in [2.05, 4.69) is 31.4 Å². The van der Waals surface area contributed by atoms with Gasteiger partial charge in [-0.15, -0.1) is 5.10 Å². The van der Waals surface area contributed by atoms with Crippen molar-refractivity contribution in [2.45, 2.75) is 13.5 Å². The van der Waals surface area contributed by atoms with Crippen LogP contribution < -0.4 is 10.1 Å². The molecule has 0 atom stereocenters. The quantitative estimate of drug-likeness (QED) is 0.121. The van der Waals surface area contributed by atoms with Crippen LogP contribution in [0.15, 0.2) is 109 Å². The first-order valence-corrected chi connectivity index (χ1v) is 14.4. The number of rotatable bonds is 9. The SMILES string of the molecule is Cc1ccc(NC(=O)COc2ccc(Br)cc2/C=C2\S/C(=N\N=C\c3ccccc3O)N(Cc3ccco3)C2=O)cc1. The predicted octanol–water partition coefficient (Wildman–Crippen LogP) is 6.58. The first-order valence-electron chi connectivity index (χ1n) is 12.8. The van der Waals surface area contributed by atoms with Gasteiger partial charge >= 0.3 is 0 Å². The van der Waals surface area contributed by atoms with E-state index < -0.39 is 0 Å². The van der Waals surface area contributed by atoms with Crippen molar-refractivity contribution < 1.29 is 23.8 Å². The van der Waals surface area contributed by atoms with E-state index in [1.165, 1.54) is 17.4 Å². The van der Waals surface area contributed by atoms with Crippen LogP contribution in [0.4, 0.5) is 5.69 Å². The number of anilines is 1. The van der Waals surface area contributed by atoms with E-state index in [1.54, 1.807) is 60.7 Å². The molecule has 9 nitrogen and oxygen atoms in total. The highest BCUT2D eigenvalue weighted by molar-refractivity contribution is 9.10. The Morgan fingerprint density at radius 1 is 1.10 bits per heavy atom. The molecule has 2 amide bonds. The molecule has 4 aromatic rings. The first kappa shape index (κ1) is 28.9. The maximum atomic E-state index is 13.5. The van der Waals surface area contributed by atoms with Gasteiger partial charge in [-0.05, 0) is 79.4 Å². The number of nitrogens with one attached hydrogen (secondary N) is 1. The number of benzene rings is 3. The number of carbonyl (C=O) groups is 2. The Morgan fingerprint density at radius 2 is 1.90 bits per heavy atom. The number of amides is 2. The number of hydrogen-bond acceptors (Lipinski definition) is 8. The van der Waals surface area contributed by atoms with Gasteiger partial charge in [0.2, 0.25) is 0 Å². The normalized spacial score (nSPS) is 15.2. The molecule has 2 heterocycles. The van der Waals surface area contributed by atoms with Crippen LogP contribution in [0, 0.1) is 6.92 Å². The molecule has 212 valence electrons. The topological polar surface area (TPSA) is 117 Å². The molecule has 3 aromatic carbocycles. The smallest absolute Gasteiger partial charge is 0.267 e. The Kier molecular flexibility index (Phi) is 9.20. The molecule has 1 aromatic heterocycles. The third kappa shape index (κ3) is 7.36. The van der Waals surface area contributed by atoms with Gasteiger partial charge in [0.15, 0.2) is 11.8 Å². The van der Waals surface area contributed by atoms with Gasteiger partial charge in [0.05, 0.1) is 23.9 Å². The van der Waals surface area contributed by atoms with Crippen molar-refractivity contribution in [2.75, 3.05) is 11.9 Å². The molecule has 1 fully saturated rings. The summed E-state index contributed by atoms with van der Waals surface area (Å²) < 4.78 is 12.1. The fraction of sp³-hybridized carbons (Fsp3) is 0.0968. The Balaban J connectivity index is 1.37. The lowest BCUT2D eigenvalue weighted by Gasteiger charge is -2.13. The minimum absolute atomic E-state index is 0.0689. The Bertz CT molecular complexity index is 1680. The molecule has 0 spiro atoms. The molecule has 0 bridgehead atoms. The number of hydrogen-bond donors (Lipinski definition) is 2. The van der Waals surface area contributed by atoms with Crippen LogP contribution >= 0.6 is 27.7 Å². The summed E-state index contributed by atoms with van der Waals surface area (Å²) in [6.07, 6.45) is 4.64. The summed E-state index contributed by atoms with van der Waals surface area (Å²) in [5, 5.41) is 21.5. The number of aromatic hydroxyl groups is 1. The van der Waals surface area contributed by atoms with Crippen molar-refractivity contribution in [3.05, 3.63) is 117 Å². The molecule has 1 aliphatic heterocycles. The van der Waals surface area contributed by atoms with Gasteiger partial charge in [0.1, 0.15) is 17.3 Å². The van der Waals surface area contributed by atoms with E-state index in [0.717, 1.165) is 21.8 Å². The average molecular weight is 646 g/mol. The number of halogens is 1. The number of carbonyl (C=O) groups excluding carboxylic acids is 2. The van der Waals surface area contributed by atoms with Crippen LogP contribution in [0.2, 0.25) is 0 Å². The minimum atomic E-state index is -0.312. The lowest BCUT2D eigenvalue weighted by atomic mass is 10.2. The number of phenols is 1. The molecule has 2 N–H and O–H groups in total. The van der Waals surface area contributed by atoms with E-state index >= 15 is 0 Å². The van der Waals surface area contributed by atoms with Crippen LogP contribution in [0.1, 0.15) is 22.5 Å². The number of ether oxygens (including phenoxy) is 1. The molecule has 0 radical (unpaired) electrons. The zero-order valence-corrected chi connectivity index (χ0v) is 24.8. The molecule has 5 rings (SSSR count). The van der Waals surface area contributed by atoms with Crippen LogP contribution in [-0.2, 0) is 16.1 Å². The van der Waals surface area contributed by atoms with Crippen molar-refractivity contribution in [3.63, 3.8) is 0 Å². The maximum absolute atomic E-state index is 13.5. The highest BCUT2D eigenvalue weighted by Crippen LogP contribution is 2.36. The van der Waals surface area contributed by atoms with Gasteiger partial charge in [-0.25, -0.2) is 0 Å². The lowest BCUT2D eigenvalue weighted by molar-refractivity contribution is -0.122.